The van der Waals surface area contributed by atoms with Crippen LogP contribution in [0.15, 0.2) is 18.2 Å². The van der Waals surface area contributed by atoms with Crippen LogP contribution in [0.2, 0.25) is 0 Å². The zero-order chi connectivity index (χ0) is 10.5. The molecule has 82 valence electrons. The topological polar surface area (TPSA) is 24.9 Å². The molecule has 2 rings (SSSR count). The Morgan fingerprint density at radius 1 is 1.47 bits per heavy atom. The third-order valence-corrected chi connectivity index (χ3v) is 5.13. The number of hydrogen-bond acceptors (Lipinski definition) is 4. The number of thioether (sulfide) groups is 2. The Hall–Kier alpha value is -0.350. The quantitative estimate of drug-likeness (QED) is 0.878. The van der Waals surface area contributed by atoms with Crippen LogP contribution in [0, 0.1) is 6.92 Å². The molecule has 1 fully saturated rings. The Kier molecular flexibility index (Phi) is 4.20. The van der Waals surface area contributed by atoms with Crippen molar-refractivity contribution in [3.05, 3.63) is 23.9 Å². The van der Waals surface area contributed by atoms with Crippen LogP contribution < -0.4 is 5.32 Å². The summed E-state index contributed by atoms with van der Waals surface area (Å²) in [5, 5.41) is 4.15. The van der Waals surface area contributed by atoms with Gasteiger partial charge in [0.1, 0.15) is 5.82 Å². The van der Waals surface area contributed by atoms with Crippen molar-refractivity contribution >= 4 is 29.3 Å². The summed E-state index contributed by atoms with van der Waals surface area (Å²) in [7, 11) is 0. The van der Waals surface area contributed by atoms with Gasteiger partial charge in [-0.05, 0) is 19.1 Å². The molecule has 1 aromatic heterocycles. The van der Waals surface area contributed by atoms with Gasteiger partial charge in [0.05, 0.1) is 0 Å². The number of rotatable bonds is 3. The van der Waals surface area contributed by atoms with E-state index in [2.05, 4.69) is 33.8 Å². The van der Waals surface area contributed by atoms with Crippen molar-refractivity contribution in [3.8, 4) is 0 Å². The van der Waals surface area contributed by atoms with Crippen molar-refractivity contribution in [1.82, 2.24) is 4.98 Å². The van der Waals surface area contributed by atoms with Gasteiger partial charge in [-0.25, -0.2) is 4.98 Å². The molecule has 0 aliphatic carbocycles. The Morgan fingerprint density at radius 3 is 3.13 bits per heavy atom. The van der Waals surface area contributed by atoms with Crippen LogP contribution in [0.1, 0.15) is 5.69 Å². The summed E-state index contributed by atoms with van der Waals surface area (Å²) in [4.78, 5) is 4.43. The van der Waals surface area contributed by atoms with Crippen LogP contribution >= 0.6 is 23.5 Å². The van der Waals surface area contributed by atoms with Crippen LogP contribution in [0.3, 0.4) is 0 Å². The van der Waals surface area contributed by atoms with Gasteiger partial charge >= 0.3 is 0 Å². The molecule has 1 saturated heterocycles. The minimum atomic E-state index is 0.742. The third kappa shape index (κ3) is 3.61. The van der Waals surface area contributed by atoms with E-state index in [1.807, 2.05) is 25.1 Å². The van der Waals surface area contributed by atoms with Crippen LogP contribution in [0.25, 0.3) is 0 Å². The predicted octanol–water partition coefficient (Wildman–Crippen LogP) is 2.65. The average Bonchev–Trinajstić information content (AvgIpc) is 2.28. The van der Waals surface area contributed by atoms with Crippen molar-refractivity contribution in [2.45, 2.75) is 12.2 Å². The molecule has 0 radical (unpaired) electrons. The maximum absolute atomic E-state index is 4.43. The lowest BCUT2D eigenvalue weighted by Gasteiger charge is -2.21. The van der Waals surface area contributed by atoms with Crippen LogP contribution in [-0.4, -0.2) is 34.0 Å². The number of aryl methyl sites for hydroxylation is 1. The summed E-state index contributed by atoms with van der Waals surface area (Å²) in [5.74, 6) is 4.87. The monoisotopic (exact) mass is 240 g/mol. The van der Waals surface area contributed by atoms with E-state index in [1.54, 1.807) is 0 Å². The van der Waals surface area contributed by atoms with E-state index in [1.165, 1.54) is 17.3 Å². The number of aromatic nitrogens is 1. The molecule has 2 heterocycles. The lowest BCUT2D eigenvalue weighted by atomic mass is 10.3. The van der Waals surface area contributed by atoms with E-state index in [9.17, 15) is 0 Å². The van der Waals surface area contributed by atoms with E-state index in [0.717, 1.165) is 23.3 Å². The Labute approximate surface area is 99.6 Å². The zero-order valence-corrected chi connectivity index (χ0v) is 10.5. The van der Waals surface area contributed by atoms with E-state index in [0.29, 0.717) is 0 Å². The first-order valence-electron chi connectivity index (χ1n) is 5.21. The van der Waals surface area contributed by atoms with E-state index in [4.69, 9.17) is 0 Å². The van der Waals surface area contributed by atoms with Gasteiger partial charge in [0, 0.05) is 34.7 Å². The second kappa shape index (κ2) is 5.66. The van der Waals surface area contributed by atoms with Gasteiger partial charge in [-0.1, -0.05) is 6.07 Å². The Morgan fingerprint density at radius 2 is 2.40 bits per heavy atom. The predicted molar refractivity (Wildman–Crippen MR) is 71.0 cm³/mol. The Bertz CT molecular complexity index is 311. The summed E-state index contributed by atoms with van der Waals surface area (Å²) in [6.45, 7) is 3.06. The van der Waals surface area contributed by atoms with Gasteiger partial charge in [0.25, 0.3) is 0 Å². The summed E-state index contributed by atoms with van der Waals surface area (Å²) < 4.78 is 0. The zero-order valence-electron chi connectivity index (χ0n) is 8.90. The summed E-state index contributed by atoms with van der Waals surface area (Å²) in [5.41, 5.74) is 1.07. The van der Waals surface area contributed by atoms with Crippen molar-refractivity contribution in [2.24, 2.45) is 0 Å². The number of hydrogen-bond donors (Lipinski definition) is 1. The fourth-order valence-corrected chi connectivity index (χ4v) is 4.13. The molecule has 1 aliphatic heterocycles. The molecule has 1 N–H and O–H groups in total. The van der Waals surface area contributed by atoms with Gasteiger partial charge in [-0.15, -0.1) is 0 Å². The average molecular weight is 240 g/mol. The van der Waals surface area contributed by atoms with Gasteiger partial charge in [-0.3, -0.25) is 0 Å². The number of anilines is 1. The van der Waals surface area contributed by atoms with Gasteiger partial charge in [-0.2, -0.15) is 23.5 Å². The first-order valence-corrected chi connectivity index (χ1v) is 7.42. The number of nitrogens with one attached hydrogen (secondary N) is 1. The Balaban J connectivity index is 1.81. The first kappa shape index (κ1) is 11.1. The molecule has 0 bridgehead atoms. The largest absolute Gasteiger partial charge is 0.369 e. The van der Waals surface area contributed by atoms with E-state index in [-0.39, 0.29) is 0 Å². The molecule has 2 nitrogen and oxygen atoms in total. The molecule has 0 amide bonds. The summed E-state index contributed by atoms with van der Waals surface area (Å²) in [6.07, 6.45) is 0. The van der Waals surface area contributed by atoms with Gasteiger partial charge in [0.15, 0.2) is 0 Å². The second-order valence-electron chi connectivity index (χ2n) is 3.61. The molecule has 0 aromatic carbocycles. The highest BCUT2D eigenvalue weighted by Crippen LogP contribution is 2.24. The minimum Gasteiger partial charge on any atom is -0.369 e. The molecule has 1 aliphatic rings. The fraction of sp³-hybridized carbons (Fsp3) is 0.545. The smallest absolute Gasteiger partial charge is 0.126 e. The van der Waals surface area contributed by atoms with Crippen molar-refractivity contribution in [3.63, 3.8) is 0 Å². The minimum absolute atomic E-state index is 0.742. The van der Waals surface area contributed by atoms with Crippen molar-refractivity contribution in [1.29, 1.82) is 0 Å². The summed E-state index contributed by atoms with van der Waals surface area (Å²) in [6, 6.07) is 6.11. The molecule has 1 atom stereocenters. The molecule has 0 spiro atoms. The van der Waals surface area contributed by atoms with Crippen LogP contribution in [-0.2, 0) is 0 Å². The molecule has 1 unspecified atom stereocenters. The normalized spacial score (nSPS) is 21.3. The highest BCUT2D eigenvalue weighted by Gasteiger charge is 2.13. The lowest BCUT2D eigenvalue weighted by Crippen LogP contribution is -2.23. The highest BCUT2D eigenvalue weighted by atomic mass is 32.2. The van der Waals surface area contributed by atoms with Crippen molar-refractivity contribution < 1.29 is 0 Å². The molecular formula is C11H16N2S2. The first-order chi connectivity index (χ1) is 7.34. The van der Waals surface area contributed by atoms with Gasteiger partial charge < -0.3 is 5.32 Å². The lowest BCUT2D eigenvalue weighted by molar-refractivity contribution is 0.989. The van der Waals surface area contributed by atoms with Crippen molar-refractivity contribution in [2.75, 3.05) is 29.1 Å². The SMILES string of the molecule is Cc1cccc(NCC2CSCCS2)n1. The second-order valence-corrected chi connectivity index (χ2v) is 6.17. The molecule has 1 aromatic rings. The number of pyridine rings is 1. The highest BCUT2D eigenvalue weighted by molar-refractivity contribution is 8.06. The number of nitrogens with zero attached hydrogens (tertiary/aromatic N) is 1. The standard InChI is InChI=1S/C11H16N2S2/c1-9-3-2-4-11(13-9)12-7-10-8-14-5-6-15-10/h2-4,10H,5-8H2,1H3,(H,12,13). The maximum Gasteiger partial charge on any atom is 0.126 e. The van der Waals surface area contributed by atoms with E-state index >= 15 is 0 Å². The maximum atomic E-state index is 4.43. The molecular weight excluding hydrogens is 224 g/mol. The molecule has 4 heteroatoms. The fourth-order valence-electron chi connectivity index (χ4n) is 1.51. The van der Waals surface area contributed by atoms with E-state index < -0.39 is 0 Å². The third-order valence-electron chi connectivity index (χ3n) is 2.28. The summed E-state index contributed by atoms with van der Waals surface area (Å²) >= 11 is 4.14. The molecule has 0 saturated carbocycles. The van der Waals surface area contributed by atoms with Crippen LogP contribution in [0.5, 0.6) is 0 Å². The van der Waals surface area contributed by atoms with Crippen LogP contribution in [0.4, 0.5) is 5.82 Å². The molecule has 15 heavy (non-hydrogen) atoms. The van der Waals surface area contributed by atoms with Gasteiger partial charge in [0.2, 0.25) is 0 Å².